The summed E-state index contributed by atoms with van der Waals surface area (Å²) in [5.41, 5.74) is 1.86. The lowest BCUT2D eigenvalue weighted by atomic mass is 9.70. The molecule has 0 bridgehead atoms. The number of benzene rings is 1. The highest BCUT2D eigenvalue weighted by Crippen LogP contribution is 2.39. The zero-order valence-corrected chi connectivity index (χ0v) is 11.3. The second-order valence-electron chi connectivity index (χ2n) is 5.11. The summed E-state index contributed by atoms with van der Waals surface area (Å²) in [6.45, 7) is 4.51. The van der Waals surface area contributed by atoms with E-state index < -0.39 is 0 Å². The van der Waals surface area contributed by atoms with Gasteiger partial charge in [-0.3, -0.25) is 0 Å². The fourth-order valence-electron chi connectivity index (χ4n) is 2.17. The maximum Gasteiger partial charge on any atom is 0.0138 e. The highest BCUT2D eigenvalue weighted by Gasteiger charge is 2.30. The molecule has 1 aromatic carbocycles. The lowest BCUT2D eigenvalue weighted by molar-refractivity contribution is 0.159. The van der Waals surface area contributed by atoms with Crippen LogP contribution in [0, 0.1) is 5.41 Å². The maximum absolute atomic E-state index is 3.51. The second-order valence-corrected chi connectivity index (χ2v) is 5.11. The zero-order valence-electron chi connectivity index (χ0n) is 10.5. The van der Waals surface area contributed by atoms with Crippen molar-refractivity contribution in [2.45, 2.75) is 26.2 Å². The fraction of sp³-hybridized carbons (Fsp3) is 0.467. The molecular weight excluding hydrogens is 230 g/mol. The van der Waals surface area contributed by atoms with Gasteiger partial charge in [0.05, 0.1) is 0 Å². The van der Waals surface area contributed by atoms with E-state index in [4.69, 9.17) is 0 Å². The molecule has 2 rings (SSSR count). The van der Waals surface area contributed by atoms with Gasteiger partial charge in [0.25, 0.3) is 0 Å². The Morgan fingerprint density at radius 1 is 1.24 bits per heavy atom. The van der Waals surface area contributed by atoms with E-state index in [9.17, 15) is 0 Å². The Morgan fingerprint density at radius 2 is 1.94 bits per heavy atom. The van der Waals surface area contributed by atoms with Crippen molar-refractivity contribution >= 4 is 18.5 Å². The van der Waals surface area contributed by atoms with Gasteiger partial charge in [-0.15, -0.1) is 12.4 Å². The minimum Gasteiger partial charge on any atom is -0.313 e. The molecule has 0 saturated heterocycles. The summed E-state index contributed by atoms with van der Waals surface area (Å²) < 4.78 is 0. The Morgan fingerprint density at radius 3 is 2.53 bits per heavy atom. The molecule has 1 aliphatic carbocycles. The summed E-state index contributed by atoms with van der Waals surface area (Å²) in [5.74, 6) is 0. The van der Waals surface area contributed by atoms with E-state index in [1.807, 2.05) is 6.07 Å². The predicted molar refractivity (Wildman–Crippen MR) is 77.6 cm³/mol. The van der Waals surface area contributed by atoms with Crippen molar-refractivity contribution in [1.82, 2.24) is 5.32 Å². The van der Waals surface area contributed by atoms with Crippen LogP contribution in [0.2, 0.25) is 0 Å². The molecule has 2 heteroatoms. The molecule has 1 fully saturated rings. The minimum absolute atomic E-state index is 0. The van der Waals surface area contributed by atoms with E-state index in [-0.39, 0.29) is 12.4 Å². The molecule has 0 amide bonds. The van der Waals surface area contributed by atoms with E-state index in [0.29, 0.717) is 5.41 Å². The molecule has 0 radical (unpaired) electrons. The highest BCUT2D eigenvalue weighted by atomic mass is 35.5. The van der Waals surface area contributed by atoms with Gasteiger partial charge in [0, 0.05) is 13.1 Å². The lowest BCUT2D eigenvalue weighted by Gasteiger charge is -2.38. The molecule has 1 saturated carbocycles. The number of hydrogen-bond donors (Lipinski definition) is 1. The number of halogens is 1. The van der Waals surface area contributed by atoms with E-state index in [1.165, 1.54) is 24.8 Å². The number of hydrogen-bond acceptors (Lipinski definition) is 1. The van der Waals surface area contributed by atoms with E-state index >= 15 is 0 Å². The van der Waals surface area contributed by atoms with Gasteiger partial charge in [-0.25, -0.2) is 0 Å². The molecule has 1 aromatic rings. The quantitative estimate of drug-likeness (QED) is 0.783. The largest absolute Gasteiger partial charge is 0.313 e. The molecule has 1 N–H and O–H groups in total. The molecule has 1 aliphatic rings. The van der Waals surface area contributed by atoms with Crippen molar-refractivity contribution in [3.05, 3.63) is 42.0 Å². The van der Waals surface area contributed by atoms with Gasteiger partial charge in [-0.05, 0) is 23.8 Å². The first-order valence-corrected chi connectivity index (χ1v) is 6.21. The van der Waals surface area contributed by atoms with Gasteiger partial charge < -0.3 is 5.32 Å². The Kier molecular flexibility index (Phi) is 5.73. The van der Waals surface area contributed by atoms with Crippen molar-refractivity contribution in [2.24, 2.45) is 5.41 Å². The van der Waals surface area contributed by atoms with Gasteiger partial charge in [0.2, 0.25) is 0 Å². The smallest absolute Gasteiger partial charge is 0.0138 e. The van der Waals surface area contributed by atoms with Crippen LogP contribution in [0.15, 0.2) is 36.4 Å². The molecule has 0 atom stereocenters. The first-order valence-electron chi connectivity index (χ1n) is 6.21. The Hall–Kier alpha value is -0.790. The predicted octanol–water partition coefficient (Wildman–Crippen LogP) is 3.90. The Labute approximate surface area is 111 Å². The van der Waals surface area contributed by atoms with Gasteiger partial charge in [0.15, 0.2) is 0 Å². The van der Waals surface area contributed by atoms with Crippen LogP contribution in [0.25, 0.3) is 6.08 Å². The molecule has 0 aromatic heterocycles. The SMILES string of the molecule is CC1(CNC/C=C/c2ccccc2)CCC1.Cl. The highest BCUT2D eigenvalue weighted by molar-refractivity contribution is 5.85. The van der Waals surface area contributed by atoms with Crippen molar-refractivity contribution in [1.29, 1.82) is 0 Å². The van der Waals surface area contributed by atoms with Crippen LogP contribution in [-0.2, 0) is 0 Å². The zero-order chi connectivity index (χ0) is 11.3. The monoisotopic (exact) mass is 251 g/mol. The average Bonchev–Trinajstić information content (AvgIpc) is 2.28. The van der Waals surface area contributed by atoms with Gasteiger partial charge >= 0.3 is 0 Å². The third-order valence-electron chi connectivity index (χ3n) is 3.48. The van der Waals surface area contributed by atoms with Crippen LogP contribution in [-0.4, -0.2) is 13.1 Å². The topological polar surface area (TPSA) is 12.0 Å². The maximum atomic E-state index is 3.51. The van der Waals surface area contributed by atoms with Crippen LogP contribution >= 0.6 is 12.4 Å². The Balaban J connectivity index is 0.00000144. The van der Waals surface area contributed by atoms with Crippen molar-refractivity contribution < 1.29 is 0 Å². The number of rotatable bonds is 5. The van der Waals surface area contributed by atoms with Crippen LogP contribution in [0.1, 0.15) is 31.7 Å². The normalized spacial score (nSPS) is 17.5. The lowest BCUT2D eigenvalue weighted by Crippen LogP contribution is -2.37. The summed E-state index contributed by atoms with van der Waals surface area (Å²) in [5, 5.41) is 3.51. The Bertz CT molecular complexity index is 341. The first-order chi connectivity index (χ1) is 7.79. The summed E-state index contributed by atoms with van der Waals surface area (Å²) in [4.78, 5) is 0. The summed E-state index contributed by atoms with van der Waals surface area (Å²) in [6, 6.07) is 10.4. The molecule has 0 heterocycles. The van der Waals surface area contributed by atoms with E-state index in [1.54, 1.807) is 0 Å². The first kappa shape index (κ1) is 14.3. The van der Waals surface area contributed by atoms with Crippen LogP contribution in [0.3, 0.4) is 0 Å². The second kappa shape index (κ2) is 6.83. The molecule has 0 spiro atoms. The molecule has 17 heavy (non-hydrogen) atoms. The van der Waals surface area contributed by atoms with Crippen LogP contribution in [0.5, 0.6) is 0 Å². The van der Waals surface area contributed by atoms with Crippen molar-refractivity contribution in [3.8, 4) is 0 Å². The molecule has 0 aliphatic heterocycles. The molecule has 94 valence electrons. The average molecular weight is 252 g/mol. The third kappa shape index (κ3) is 4.53. The van der Waals surface area contributed by atoms with E-state index in [2.05, 4.69) is 48.7 Å². The summed E-state index contributed by atoms with van der Waals surface area (Å²) in [7, 11) is 0. The standard InChI is InChI=1S/C15H21N.ClH/c1-15(10-6-11-15)13-16-12-5-9-14-7-3-2-4-8-14;/h2-5,7-9,16H,6,10-13H2,1H3;1H/b9-5+;. The third-order valence-corrected chi connectivity index (χ3v) is 3.48. The van der Waals surface area contributed by atoms with E-state index in [0.717, 1.165) is 13.1 Å². The molecule has 1 nitrogen and oxygen atoms in total. The number of nitrogens with one attached hydrogen (secondary N) is 1. The fourth-order valence-corrected chi connectivity index (χ4v) is 2.17. The van der Waals surface area contributed by atoms with Crippen molar-refractivity contribution in [2.75, 3.05) is 13.1 Å². The van der Waals surface area contributed by atoms with Gasteiger partial charge in [0.1, 0.15) is 0 Å². The summed E-state index contributed by atoms with van der Waals surface area (Å²) >= 11 is 0. The van der Waals surface area contributed by atoms with Crippen LogP contribution < -0.4 is 5.32 Å². The molecular formula is C15H22ClN. The van der Waals surface area contributed by atoms with Gasteiger partial charge in [-0.2, -0.15) is 0 Å². The minimum atomic E-state index is 0. The van der Waals surface area contributed by atoms with Crippen molar-refractivity contribution in [3.63, 3.8) is 0 Å². The summed E-state index contributed by atoms with van der Waals surface area (Å²) in [6.07, 6.45) is 8.58. The van der Waals surface area contributed by atoms with Gasteiger partial charge in [-0.1, -0.05) is 55.8 Å². The van der Waals surface area contributed by atoms with Crippen LogP contribution in [0.4, 0.5) is 0 Å². The molecule has 0 unspecified atom stereocenters.